The van der Waals surface area contributed by atoms with Gasteiger partial charge in [-0.25, -0.2) is 0 Å². The van der Waals surface area contributed by atoms with E-state index in [2.05, 4.69) is 151 Å². The smallest absolute Gasteiger partial charge is 0.0478 e. The van der Waals surface area contributed by atoms with Crippen molar-refractivity contribution in [3.63, 3.8) is 0 Å². The Balaban J connectivity index is 0.000000135. The van der Waals surface area contributed by atoms with Gasteiger partial charge in [0.15, 0.2) is 0 Å². The molecule has 0 aliphatic heterocycles. The highest BCUT2D eigenvalue weighted by Gasteiger charge is 2.25. The van der Waals surface area contributed by atoms with Crippen molar-refractivity contribution < 1.29 is 0 Å². The minimum absolute atomic E-state index is 0.410. The average molecular weight is 762 g/mol. The Bertz CT molecular complexity index is 2260. The molecule has 0 unspecified atom stereocenters. The molecule has 10 rings (SSSR count). The summed E-state index contributed by atoms with van der Waals surface area (Å²) in [4.78, 5) is 7.34. The molecule has 2 saturated carbocycles. The number of aromatic amines is 2. The number of terminal acetylenes is 1. The molecule has 2 atom stereocenters. The standard InChI is InChI=1S/C24H24N2.C19H19BrN2.C5H6/c1-2-5-19(6-3-1)16-25-23-8-4-7-20-21-15-18(12-11-17-9-10-17)13-14-22(21)26-24(20)23;20-14-9-10-17-16(11-14)15-7-4-8-18(19(15)22-17)21-12-13-5-2-1-3-6-13;1-2-5-3-4-5/h1-3,5-6,13-15,17,23,25-26H,4,7-10,16H2;1-3,5-6,9-11,18,21-22H,4,7-8,12H2;1,5H,3-4H2/t23-;18-;/m11./s1. The van der Waals surface area contributed by atoms with Crippen LogP contribution in [-0.4, -0.2) is 9.97 Å². The number of benzene rings is 4. The van der Waals surface area contributed by atoms with Gasteiger partial charge < -0.3 is 20.6 Å². The van der Waals surface area contributed by atoms with Crippen molar-refractivity contribution in [1.82, 2.24) is 20.6 Å². The van der Waals surface area contributed by atoms with Crippen LogP contribution in [0.15, 0.2) is 102 Å². The van der Waals surface area contributed by atoms with Gasteiger partial charge in [0.05, 0.1) is 0 Å². The van der Waals surface area contributed by atoms with Gasteiger partial charge in [-0.15, -0.1) is 12.3 Å². The van der Waals surface area contributed by atoms with E-state index in [9.17, 15) is 0 Å². The van der Waals surface area contributed by atoms with E-state index in [4.69, 9.17) is 6.42 Å². The van der Waals surface area contributed by atoms with Crippen LogP contribution < -0.4 is 10.6 Å². The summed E-state index contributed by atoms with van der Waals surface area (Å²) >= 11 is 3.59. The molecule has 4 nitrogen and oxygen atoms in total. The Morgan fingerprint density at radius 2 is 1.15 bits per heavy atom. The Labute approximate surface area is 323 Å². The second-order valence-corrected chi connectivity index (χ2v) is 16.0. The third-order valence-electron chi connectivity index (χ3n) is 11.0. The van der Waals surface area contributed by atoms with Gasteiger partial charge in [0.1, 0.15) is 0 Å². The third kappa shape index (κ3) is 9.00. The van der Waals surface area contributed by atoms with Crippen LogP contribution in [0.4, 0.5) is 0 Å². The summed E-state index contributed by atoms with van der Waals surface area (Å²) in [5.74, 6) is 10.7. The lowest BCUT2D eigenvalue weighted by Gasteiger charge is -2.24. The van der Waals surface area contributed by atoms with Crippen molar-refractivity contribution in [1.29, 1.82) is 0 Å². The van der Waals surface area contributed by atoms with E-state index in [0.29, 0.717) is 23.9 Å². The van der Waals surface area contributed by atoms with Gasteiger partial charge >= 0.3 is 0 Å². The molecule has 4 aromatic carbocycles. The summed E-state index contributed by atoms with van der Waals surface area (Å²) in [6, 6.07) is 35.3. The van der Waals surface area contributed by atoms with Crippen molar-refractivity contribution in [2.45, 2.75) is 89.4 Å². The van der Waals surface area contributed by atoms with Gasteiger partial charge in [0, 0.05) is 80.2 Å². The van der Waals surface area contributed by atoms with E-state index in [1.54, 1.807) is 0 Å². The molecule has 0 saturated heterocycles. The number of H-pyrrole nitrogens is 2. The zero-order chi connectivity index (χ0) is 36.0. The molecule has 4 N–H and O–H groups in total. The second-order valence-electron chi connectivity index (χ2n) is 15.1. The van der Waals surface area contributed by atoms with Crippen molar-refractivity contribution in [3.8, 4) is 24.2 Å². The van der Waals surface area contributed by atoms with E-state index in [1.165, 1.54) is 120 Å². The molecule has 6 aromatic rings. The summed E-state index contributed by atoms with van der Waals surface area (Å²) in [6.45, 7) is 1.84. The first-order chi connectivity index (χ1) is 26.1. The van der Waals surface area contributed by atoms with Crippen LogP contribution in [0.1, 0.15) is 103 Å². The topological polar surface area (TPSA) is 55.6 Å². The fraction of sp³-hybridized carbons (Fsp3) is 0.333. The van der Waals surface area contributed by atoms with Crippen molar-refractivity contribution in [2.75, 3.05) is 0 Å². The number of fused-ring (bicyclic) bond motifs is 6. The zero-order valence-electron chi connectivity index (χ0n) is 30.5. The highest BCUT2D eigenvalue weighted by molar-refractivity contribution is 9.10. The lowest BCUT2D eigenvalue weighted by atomic mass is 9.91. The molecule has 4 aliphatic rings. The number of nitrogens with one attached hydrogen (secondary N) is 4. The maximum absolute atomic E-state index is 4.98. The van der Waals surface area contributed by atoms with Gasteiger partial charge in [-0.2, -0.15) is 0 Å². The van der Waals surface area contributed by atoms with E-state index >= 15 is 0 Å². The molecule has 5 heteroatoms. The molecular weight excluding hydrogens is 712 g/mol. The highest BCUT2D eigenvalue weighted by Crippen LogP contribution is 2.37. The van der Waals surface area contributed by atoms with Crippen LogP contribution >= 0.6 is 15.9 Å². The van der Waals surface area contributed by atoms with Crippen LogP contribution in [0.3, 0.4) is 0 Å². The number of aryl methyl sites for hydroxylation is 2. The van der Waals surface area contributed by atoms with E-state index in [-0.39, 0.29) is 0 Å². The summed E-state index contributed by atoms with van der Waals surface area (Å²) < 4.78 is 1.15. The quantitative estimate of drug-likeness (QED) is 0.128. The summed E-state index contributed by atoms with van der Waals surface area (Å²) in [6.07, 6.45) is 17.3. The highest BCUT2D eigenvalue weighted by atomic mass is 79.9. The Morgan fingerprint density at radius 3 is 1.66 bits per heavy atom. The lowest BCUT2D eigenvalue weighted by Crippen LogP contribution is -2.24. The summed E-state index contributed by atoms with van der Waals surface area (Å²) in [5, 5.41) is 10.2. The first-order valence-corrected chi connectivity index (χ1v) is 20.4. The number of hydrogen-bond acceptors (Lipinski definition) is 2. The maximum atomic E-state index is 4.98. The van der Waals surface area contributed by atoms with Gasteiger partial charge in [-0.1, -0.05) is 88.4 Å². The summed E-state index contributed by atoms with van der Waals surface area (Å²) in [5.41, 5.74) is 12.1. The Morgan fingerprint density at radius 1 is 0.623 bits per heavy atom. The number of rotatable bonds is 6. The van der Waals surface area contributed by atoms with Crippen LogP contribution in [0.25, 0.3) is 21.8 Å². The second kappa shape index (κ2) is 16.7. The number of aromatic nitrogens is 2. The van der Waals surface area contributed by atoms with Crippen molar-refractivity contribution in [3.05, 3.63) is 141 Å². The minimum atomic E-state index is 0.410. The minimum Gasteiger partial charge on any atom is -0.357 e. The van der Waals surface area contributed by atoms with Gasteiger partial charge in [0.2, 0.25) is 0 Å². The molecule has 268 valence electrons. The molecule has 0 bridgehead atoms. The van der Waals surface area contributed by atoms with E-state index in [0.717, 1.165) is 23.1 Å². The molecule has 2 heterocycles. The van der Waals surface area contributed by atoms with Gasteiger partial charge in [-0.3, -0.25) is 0 Å². The predicted octanol–water partition coefficient (Wildman–Crippen LogP) is 11.2. The van der Waals surface area contributed by atoms with Crippen LogP contribution in [-0.2, 0) is 25.9 Å². The molecule has 2 aromatic heterocycles. The van der Waals surface area contributed by atoms with Crippen molar-refractivity contribution in [2.24, 2.45) is 11.8 Å². The SMILES string of the molecule is Brc1ccc2[nH]c3c(c2c1)CCC[C@H]3NCc1ccccc1.C#CC1CC1.C(#CC1CC1)c1ccc2[nH]c3c(c2c1)CCC[C@H]3NCc1ccccc1. The lowest BCUT2D eigenvalue weighted by molar-refractivity contribution is 0.452. The Kier molecular flexibility index (Phi) is 11.2. The molecule has 4 aliphatic carbocycles. The summed E-state index contributed by atoms with van der Waals surface area (Å²) in [7, 11) is 0. The maximum Gasteiger partial charge on any atom is 0.0478 e. The van der Waals surface area contributed by atoms with Crippen molar-refractivity contribution >= 4 is 37.7 Å². The first kappa shape index (κ1) is 35.5. The average Bonchev–Trinajstić information content (AvgIpc) is 4.15. The fourth-order valence-electron chi connectivity index (χ4n) is 7.72. The number of hydrogen-bond donors (Lipinski definition) is 4. The first-order valence-electron chi connectivity index (χ1n) is 19.6. The van der Waals surface area contributed by atoms with Gasteiger partial charge in [0.25, 0.3) is 0 Å². The molecule has 2 fully saturated rings. The molecular formula is C48H49BrN4. The van der Waals surface area contributed by atoms with Crippen LogP contribution in [0, 0.1) is 36.0 Å². The number of halogens is 1. The molecule has 0 radical (unpaired) electrons. The van der Waals surface area contributed by atoms with E-state index in [1.807, 2.05) is 0 Å². The van der Waals surface area contributed by atoms with Crippen LogP contribution in [0.5, 0.6) is 0 Å². The van der Waals surface area contributed by atoms with Gasteiger partial charge in [-0.05, 0) is 123 Å². The van der Waals surface area contributed by atoms with E-state index < -0.39 is 0 Å². The Hall–Kier alpha value is -4.52. The van der Waals surface area contributed by atoms with Crippen LogP contribution in [0.2, 0.25) is 0 Å². The third-order valence-corrected chi connectivity index (χ3v) is 11.5. The molecule has 0 spiro atoms. The molecule has 0 amide bonds. The fourth-order valence-corrected chi connectivity index (χ4v) is 8.08. The largest absolute Gasteiger partial charge is 0.357 e. The monoisotopic (exact) mass is 760 g/mol. The normalized spacial score (nSPS) is 18.6. The molecule has 53 heavy (non-hydrogen) atoms. The zero-order valence-corrected chi connectivity index (χ0v) is 32.1. The predicted molar refractivity (Wildman–Crippen MR) is 223 cm³/mol.